The van der Waals surface area contributed by atoms with Gasteiger partial charge < -0.3 is 9.47 Å². The minimum Gasteiger partial charge on any atom is -0.491 e. The van der Waals surface area contributed by atoms with E-state index in [1.165, 1.54) is 31.2 Å². The first kappa shape index (κ1) is 16.0. The third-order valence-electron chi connectivity index (χ3n) is 3.60. The molecule has 0 unspecified atom stereocenters. The summed E-state index contributed by atoms with van der Waals surface area (Å²) in [5, 5.41) is 0. The van der Waals surface area contributed by atoms with Gasteiger partial charge in [0.05, 0.1) is 6.61 Å². The van der Waals surface area contributed by atoms with Crippen LogP contribution < -0.4 is 4.74 Å². The number of methoxy groups -OCH3 is 1. The summed E-state index contributed by atoms with van der Waals surface area (Å²) in [5.41, 5.74) is 1.64. The van der Waals surface area contributed by atoms with Gasteiger partial charge in [-0.3, -0.25) is 0 Å². The average Bonchev–Trinajstić information content (AvgIpc) is 2.40. The smallest absolute Gasteiger partial charge is 0.119 e. The maximum atomic E-state index is 5.59. The molecule has 2 heteroatoms. The van der Waals surface area contributed by atoms with Gasteiger partial charge in [-0.1, -0.05) is 52.2 Å². The molecule has 0 aromatic heterocycles. The van der Waals surface area contributed by atoms with Crippen molar-refractivity contribution in [1.82, 2.24) is 0 Å². The van der Waals surface area contributed by atoms with Gasteiger partial charge in [0.15, 0.2) is 0 Å². The van der Waals surface area contributed by atoms with Gasteiger partial charge in [0.1, 0.15) is 12.4 Å². The molecule has 19 heavy (non-hydrogen) atoms. The first-order valence-corrected chi connectivity index (χ1v) is 7.32. The molecule has 108 valence electrons. The Kier molecular flexibility index (Phi) is 6.93. The highest BCUT2D eigenvalue weighted by Gasteiger charge is 2.19. The van der Waals surface area contributed by atoms with E-state index in [0.29, 0.717) is 13.2 Å². The summed E-state index contributed by atoms with van der Waals surface area (Å²) in [6, 6.07) is 8.50. The van der Waals surface area contributed by atoms with E-state index in [0.717, 1.165) is 5.75 Å². The van der Waals surface area contributed by atoms with Crippen LogP contribution in [-0.4, -0.2) is 20.3 Å². The quantitative estimate of drug-likeness (QED) is 0.608. The van der Waals surface area contributed by atoms with Crippen molar-refractivity contribution in [2.24, 2.45) is 0 Å². The number of rotatable bonds is 9. The van der Waals surface area contributed by atoms with Gasteiger partial charge in [0.25, 0.3) is 0 Å². The number of unbranched alkanes of at least 4 members (excludes halogenated alkanes) is 2. The van der Waals surface area contributed by atoms with Crippen LogP contribution >= 0.6 is 0 Å². The Hall–Kier alpha value is -1.02. The highest BCUT2D eigenvalue weighted by Crippen LogP contribution is 2.30. The molecule has 0 bridgehead atoms. The molecule has 0 fully saturated rings. The van der Waals surface area contributed by atoms with Crippen LogP contribution in [0.25, 0.3) is 0 Å². The summed E-state index contributed by atoms with van der Waals surface area (Å²) in [4.78, 5) is 0. The van der Waals surface area contributed by atoms with E-state index in [-0.39, 0.29) is 5.41 Å². The lowest BCUT2D eigenvalue weighted by molar-refractivity contribution is 0.146. The number of ether oxygens (including phenoxy) is 2. The molecule has 0 N–H and O–H groups in total. The highest BCUT2D eigenvalue weighted by molar-refractivity contribution is 5.31. The fourth-order valence-electron chi connectivity index (χ4n) is 2.21. The van der Waals surface area contributed by atoms with Crippen LogP contribution in [0, 0.1) is 0 Å². The normalized spacial score (nSPS) is 11.6. The van der Waals surface area contributed by atoms with Crippen molar-refractivity contribution in [2.75, 3.05) is 20.3 Å². The molecule has 1 aromatic carbocycles. The summed E-state index contributed by atoms with van der Waals surface area (Å²) < 4.78 is 10.6. The topological polar surface area (TPSA) is 18.5 Å². The average molecular weight is 264 g/mol. The molecule has 0 atom stereocenters. The molecule has 0 heterocycles. The fourth-order valence-corrected chi connectivity index (χ4v) is 2.21. The lowest BCUT2D eigenvalue weighted by Crippen LogP contribution is -2.16. The van der Waals surface area contributed by atoms with Crippen LogP contribution in [0.1, 0.15) is 52.0 Å². The molecule has 0 spiro atoms. The molecule has 0 saturated heterocycles. The predicted molar refractivity (Wildman–Crippen MR) is 81.0 cm³/mol. The summed E-state index contributed by atoms with van der Waals surface area (Å²) in [7, 11) is 1.69. The van der Waals surface area contributed by atoms with E-state index < -0.39 is 0 Å². The molecular formula is C17H28O2. The van der Waals surface area contributed by atoms with E-state index in [1.54, 1.807) is 7.11 Å². The van der Waals surface area contributed by atoms with Crippen molar-refractivity contribution in [2.45, 2.75) is 51.9 Å². The summed E-state index contributed by atoms with van der Waals surface area (Å²) >= 11 is 0. The van der Waals surface area contributed by atoms with E-state index in [9.17, 15) is 0 Å². The van der Waals surface area contributed by atoms with E-state index >= 15 is 0 Å². The Morgan fingerprint density at radius 1 is 1.00 bits per heavy atom. The summed E-state index contributed by atoms with van der Waals surface area (Å²) in [6.07, 6.45) is 5.14. The zero-order valence-corrected chi connectivity index (χ0v) is 12.9. The first-order valence-electron chi connectivity index (χ1n) is 7.32. The summed E-state index contributed by atoms with van der Waals surface area (Å²) in [6.45, 7) is 8.13. The number of hydrogen-bond donors (Lipinski definition) is 0. The molecule has 0 saturated carbocycles. The van der Waals surface area contributed by atoms with Gasteiger partial charge in [-0.25, -0.2) is 0 Å². The lowest BCUT2D eigenvalue weighted by atomic mass is 9.80. The van der Waals surface area contributed by atoms with Crippen molar-refractivity contribution >= 4 is 0 Å². The molecule has 0 aliphatic heterocycles. The van der Waals surface area contributed by atoms with Crippen LogP contribution in [0.2, 0.25) is 0 Å². The monoisotopic (exact) mass is 264 g/mol. The van der Waals surface area contributed by atoms with E-state index in [4.69, 9.17) is 9.47 Å². The minimum atomic E-state index is 0.250. The lowest BCUT2D eigenvalue weighted by Gasteiger charge is -2.25. The molecule has 0 aliphatic rings. The van der Waals surface area contributed by atoms with Crippen LogP contribution in [0.15, 0.2) is 24.3 Å². The zero-order chi connectivity index (χ0) is 14.1. The Labute approximate surface area is 118 Å². The Bertz CT molecular complexity index is 341. The Balaban J connectivity index is 2.53. The minimum absolute atomic E-state index is 0.250. The largest absolute Gasteiger partial charge is 0.491 e. The van der Waals surface area contributed by atoms with Crippen LogP contribution in [0.4, 0.5) is 0 Å². The molecule has 0 aliphatic carbocycles. The molecule has 1 rings (SSSR count). The molecule has 0 radical (unpaired) electrons. The van der Waals surface area contributed by atoms with Crippen LogP contribution in [0.5, 0.6) is 5.75 Å². The first-order chi connectivity index (χ1) is 9.10. The van der Waals surface area contributed by atoms with Crippen LogP contribution in [0.3, 0.4) is 0 Å². The van der Waals surface area contributed by atoms with Gasteiger partial charge in [-0.05, 0) is 29.5 Å². The molecule has 2 nitrogen and oxygen atoms in total. The van der Waals surface area contributed by atoms with Crippen molar-refractivity contribution < 1.29 is 9.47 Å². The number of benzene rings is 1. The van der Waals surface area contributed by atoms with Gasteiger partial charge in [-0.15, -0.1) is 0 Å². The van der Waals surface area contributed by atoms with Crippen molar-refractivity contribution in [1.29, 1.82) is 0 Å². The third-order valence-corrected chi connectivity index (χ3v) is 3.60. The van der Waals surface area contributed by atoms with Gasteiger partial charge in [0.2, 0.25) is 0 Å². The molecule has 0 amide bonds. The van der Waals surface area contributed by atoms with E-state index in [2.05, 4.69) is 45.0 Å². The zero-order valence-electron chi connectivity index (χ0n) is 12.9. The van der Waals surface area contributed by atoms with Crippen LogP contribution in [-0.2, 0) is 10.2 Å². The fraction of sp³-hybridized carbons (Fsp3) is 0.647. The SMILES string of the molecule is CCCCCC(C)(C)c1ccc(OCCOC)cc1. The maximum Gasteiger partial charge on any atom is 0.119 e. The van der Waals surface area contributed by atoms with Gasteiger partial charge >= 0.3 is 0 Å². The second-order valence-corrected chi connectivity index (χ2v) is 5.71. The highest BCUT2D eigenvalue weighted by atomic mass is 16.5. The molecule has 1 aromatic rings. The second-order valence-electron chi connectivity index (χ2n) is 5.71. The van der Waals surface area contributed by atoms with E-state index in [1.807, 2.05) is 0 Å². The van der Waals surface area contributed by atoms with Gasteiger partial charge in [-0.2, -0.15) is 0 Å². The summed E-state index contributed by atoms with van der Waals surface area (Å²) in [5.74, 6) is 0.921. The van der Waals surface area contributed by atoms with Crippen molar-refractivity contribution in [3.05, 3.63) is 29.8 Å². The van der Waals surface area contributed by atoms with Crippen molar-refractivity contribution in [3.8, 4) is 5.75 Å². The second kappa shape index (κ2) is 8.21. The Morgan fingerprint density at radius 2 is 1.68 bits per heavy atom. The standard InChI is InChI=1S/C17H28O2/c1-5-6-7-12-17(2,3)15-8-10-16(11-9-15)19-14-13-18-4/h8-11H,5-7,12-14H2,1-4H3. The number of hydrogen-bond acceptors (Lipinski definition) is 2. The van der Waals surface area contributed by atoms with Gasteiger partial charge in [0, 0.05) is 7.11 Å². The molecular weight excluding hydrogens is 236 g/mol. The maximum absolute atomic E-state index is 5.59. The third kappa shape index (κ3) is 5.65. The Morgan fingerprint density at radius 3 is 2.26 bits per heavy atom. The predicted octanol–water partition coefficient (Wildman–Crippen LogP) is 4.57. The van der Waals surface area contributed by atoms with Crippen molar-refractivity contribution in [3.63, 3.8) is 0 Å².